The molecule has 0 radical (unpaired) electrons. The van der Waals surface area contributed by atoms with Crippen molar-refractivity contribution in [2.24, 2.45) is 11.8 Å². The molecule has 1 N–H and O–H groups in total. The van der Waals surface area contributed by atoms with Gasteiger partial charge in [-0.3, -0.25) is 0 Å². The van der Waals surface area contributed by atoms with Crippen LogP contribution in [-0.4, -0.2) is 20.1 Å². The molecule has 0 aliphatic heterocycles. The number of benzene rings is 1. The van der Waals surface area contributed by atoms with E-state index in [0.717, 1.165) is 18.3 Å². The average Bonchev–Trinajstić information content (AvgIpc) is 3.36. The molecule has 0 amide bonds. The summed E-state index contributed by atoms with van der Waals surface area (Å²) >= 11 is 0. The van der Waals surface area contributed by atoms with Gasteiger partial charge in [0.15, 0.2) is 0 Å². The van der Waals surface area contributed by atoms with Gasteiger partial charge in [0, 0.05) is 24.8 Å². The maximum atomic E-state index is 3.47. The highest BCUT2D eigenvalue weighted by molar-refractivity contribution is 5.55. The lowest BCUT2D eigenvalue weighted by atomic mass is 10.0. The van der Waals surface area contributed by atoms with E-state index in [2.05, 4.69) is 48.5 Å². The predicted octanol–water partition coefficient (Wildman–Crippen LogP) is 3.98. The Balaban J connectivity index is 1.83. The number of nitrogens with zero attached hydrogens (tertiary/aromatic N) is 1. The summed E-state index contributed by atoms with van der Waals surface area (Å²) in [5.74, 6) is 1.91. The highest BCUT2D eigenvalue weighted by Crippen LogP contribution is 2.38. The van der Waals surface area contributed by atoms with Crippen molar-refractivity contribution in [2.45, 2.75) is 45.1 Å². The molecule has 2 saturated carbocycles. The molecule has 1 aromatic carbocycles. The molecule has 2 fully saturated rings. The standard InChI is InChI=1S/C18H28N2/c1-3-17(19-2)16-6-4-5-7-18(16)20(12-14-8-9-14)13-15-10-11-15/h4-7,14-15,17,19H,3,8-13H2,1-2H3. The normalized spacial score (nSPS) is 19.9. The molecule has 0 aromatic heterocycles. The monoisotopic (exact) mass is 272 g/mol. The van der Waals surface area contributed by atoms with E-state index in [1.807, 2.05) is 0 Å². The van der Waals surface area contributed by atoms with Crippen LogP contribution in [0.3, 0.4) is 0 Å². The summed E-state index contributed by atoms with van der Waals surface area (Å²) in [6.45, 7) is 4.81. The molecule has 0 bridgehead atoms. The van der Waals surface area contributed by atoms with Crippen LogP contribution in [0.5, 0.6) is 0 Å². The lowest BCUT2D eigenvalue weighted by Gasteiger charge is -2.30. The van der Waals surface area contributed by atoms with Crippen LogP contribution in [0.4, 0.5) is 5.69 Å². The summed E-state index contributed by atoms with van der Waals surface area (Å²) in [4.78, 5) is 2.69. The van der Waals surface area contributed by atoms with Crippen molar-refractivity contribution >= 4 is 5.69 Å². The molecule has 0 saturated heterocycles. The topological polar surface area (TPSA) is 15.3 Å². The fourth-order valence-electron chi connectivity index (χ4n) is 3.15. The molecule has 0 heterocycles. The van der Waals surface area contributed by atoms with E-state index in [-0.39, 0.29) is 0 Å². The Labute approximate surface area is 123 Å². The van der Waals surface area contributed by atoms with Crippen molar-refractivity contribution in [3.63, 3.8) is 0 Å². The second kappa shape index (κ2) is 6.17. The van der Waals surface area contributed by atoms with E-state index in [1.54, 1.807) is 0 Å². The maximum Gasteiger partial charge on any atom is 0.0414 e. The van der Waals surface area contributed by atoms with Gasteiger partial charge >= 0.3 is 0 Å². The first kappa shape index (κ1) is 13.9. The van der Waals surface area contributed by atoms with Crippen molar-refractivity contribution in [1.29, 1.82) is 0 Å². The summed E-state index contributed by atoms with van der Waals surface area (Å²) in [6.07, 6.45) is 6.90. The smallest absolute Gasteiger partial charge is 0.0414 e. The third-order valence-corrected chi connectivity index (χ3v) is 4.76. The van der Waals surface area contributed by atoms with Crippen LogP contribution < -0.4 is 10.2 Å². The van der Waals surface area contributed by atoms with Gasteiger partial charge in [-0.05, 0) is 62.6 Å². The van der Waals surface area contributed by atoms with Gasteiger partial charge in [-0.1, -0.05) is 25.1 Å². The largest absolute Gasteiger partial charge is 0.371 e. The quantitative estimate of drug-likeness (QED) is 0.770. The zero-order chi connectivity index (χ0) is 13.9. The fourth-order valence-corrected chi connectivity index (χ4v) is 3.15. The number of hydrogen-bond acceptors (Lipinski definition) is 2. The molecule has 110 valence electrons. The molecule has 2 aliphatic carbocycles. The molecule has 2 heteroatoms. The van der Waals surface area contributed by atoms with Crippen LogP contribution in [0, 0.1) is 11.8 Å². The molecular formula is C18H28N2. The number of anilines is 1. The first-order chi connectivity index (χ1) is 9.81. The van der Waals surface area contributed by atoms with Crippen molar-refractivity contribution in [3.05, 3.63) is 29.8 Å². The minimum absolute atomic E-state index is 0.479. The molecule has 2 nitrogen and oxygen atoms in total. The molecule has 1 aromatic rings. The molecule has 2 aliphatic rings. The Bertz CT molecular complexity index is 417. The molecular weight excluding hydrogens is 244 g/mol. The number of para-hydroxylation sites is 1. The van der Waals surface area contributed by atoms with Gasteiger partial charge in [0.05, 0.1) is 0 Å². The zero-order valence-electron chi connectivity index (χ0n) is 12.9. The van der Waals surface area contributed by atoms with E-state index < -0.39 is 0 Å². The van der Waals surface area contributed by atoms with Gasteiger partial charge in [-0.25, -0.2) is 0 Å². The molecule has 0 spiro atoms. The van der Waals surface area contributed by atoms with Crippen LogP contribution >= 0.6 is 0 Å². The van der Waals surface area contributed by atoms with Gasteiger partial charge in [0.1, 0.15) is 0 Å². The van der Waals surface area contributed by atoms with Gasteiger partial charge < -0.3 is 10.2 Å². The highest BCUT2D eigenvalue weighted by atomic mass is 15.1. The second-order valence-corrected chi connectivity index (χ2v) is 6.60. The number of nitrogens with one attached hydrogen (secondary N) is 1. The Kier molecular flexibility index (Phi) is 4.30. The summed E-state index contributed by atoms with van der Waals surface area (Å²) in [6, 6.07) is 9.51. The van der Waals surface area contributed by atoms with E-state index in [4.69, 9.17) is 0 Å². The maximum absolute atomic E-state index is 3.47. The van der Waals surface area contributed by atoms with Crippen molar-refractivity contribution < 1.29 is 0 Å². The van der Waals surface area contributed by atoms with Gasteiger partial charge in [0.25, 0.3) is 0 Å². The van der Waals surface area contributed by atoms with Crippen LogP contribution in [0.15, 0.2) is 24.3 Å². The molecule has 20 heavy (non-hydrogen) atoms. The Morgan fingerprint density at radius 2 is 1.70 bits per heavy atom. The lowest BCUT2D eigenvalue weighted by Crippen LogP contribution is -2.30. The van der Waals surface area contributed by atoms with E-state index in [0.29, 0.717) is 6.04 Å². The minimum atomic E-state index is 0.479. The number of hydrogen-bond donors (Lipinski definition) is 1. The third kappa shape index (κ3) is 3.35. The van der Waals surface area contributed by atoms with Crippen LogP contribution in [0.25, 0.3) is 0 Å². The van der Waals surface area contributed by atoms with E-state index >= 15 is 0 Å². The SMILES string of the molecule is CCC(NC)c1ccccc1N(CC1CC1)CC1CC1. The summed E-state index contributed by atoms with van der Waals surface area (Å²) in [7, 11) is 2.08. The lowest BCUT2D eigenvalue weighted by molar-refractivity contribution is 0.571. The van der Waals surface area contributed by atoms with Crippen molar-refractivity contribution in [1.82, 2.24) is 5.32 Å². The Morgan fingerprint density at radius 1 is 1.10 bits per heavy atom. The van der Waals surface area contributed by atoms with Crippen LogP contribution in [0.2, 0.25) is 0 Å². The third-order valence-electron chi connectivity index (χ3n) is 4.76. The van der Waals surface area contributed by atoms with Gasteiger partial charge in [-0.2, -0.15) is 0 Å². The highest BCUT2D eigenvalue weighted by Gasteiger charge is 2.30. The summed E-state index contributed by atoms with van der Waals surface area (Å²) in [5, 5.41) is 3.47. The Hall–Kier alpha value is -1.02. The molecule has 1 atom stereocenters. The van der Waals surface area contributed by atoms with Gasteiger partial charge in [0.2, 0.25) is 0 Å². The van der Waals surface area contributed by atoms with Gasteiger partial charge in [-0.15, -0.1) is 0 Å². The molecule has 1 unspecified atom stereocenters. The minimum Gasteiger partial charge on any atom is -0.371 e. The van der Waals surface area contributed by atoms with E-state index in [1.165, 1.54) is 50.0 Å². The zero-order valence-corrected chi connectivity index (χ0v) is 12.9. The Morgan fingerprint density at radius 3 is 2.20 bits per heavy atom. The summed E-state index contributed by atoms with van der Waals surface area (Å²) in [5.41, 5.74) is 2.96. The average molecular weight is 272 g/mol. The first-order valence-electron chi connectivity index (χ1n) is 8.33. The van der Waals surface area contributed by atoms with Crippen LogP contribution in [0.1, 0.15) is 50.6 Å². The van der Waals surface area contributed by atoms with E-state index in [9.17, 15) is 0 Å². The first-order valence-corrected chi connectivity index (χ1v) is 8.33. The summed E-state index contributed by atoms with van der Waals surface area (Å²) < 4.78 is 0. The fraction of sp³-hybridized carbons (Fsp3) is 0.667. The van der Waals surface area contributed by atoms with Crippen molar-refractivity contribution in [2.75, 3.05) is 25.0 Å². The second-order valence-electron chi connectivity index (χ2n) is 6.60. The number of rotatable bonds is 8. The van der Waals surface area contributed by atoms with Crippen LogP contribution in [-0.2, 0) is 0 Å². The van der Waals surface area contributed by atoms with Crippen molar-refractivity contribution in [3.8, 4) is 0 Å². The predicted molar refractivity (Wildman–Crippen MR) is 86.2 cm³/mol. The molecule has 3 rings (SSSR count).